The number of ether oxygens (including phenoxy) is 1. The summed E-state index contributed by atoms with van der Waals surface area (Å²) in [6.07, 6.45) is 3.12. The molecule has 0 atom stereocenters. The van der Waals surface area contributed by atoms with Gasteiger partial charge in [-0.05, 0) is 29.8 Å². The minimum atomic E-state index is -1.03. The number of rotatable bonds is 4. The van der Waals surface area contributed by atoms with Gasteiger partial charge in [0.05, 0.1) is 18.7 Å². The number of aromatic amines is 1. The van der Waals surface area contributed by atoms with Gasteiger partial charge in [0.1, 0.15) is 11.4 Å². The van der Waals surface area contributed by atoms with Crippen LogP contribution in [0.3, 0.4) is 0 Å². The molecule has 6 nitrogen and oxygen atoms in total. The van der Waals surface area contributed by atoms with Crippen molar-refractivity contribution in [2.75, 3.05) is 7.11 Å². The number of benzene rings is 2. The zero-order valence-electron chi connectivity index (χ0n) is 15.0. The van der Waals surface area contributed by atoms with Crippen LogP contribution in [0.25, 0.3) is 11.6 Å². The fraction of sp³-hybridized carbons (Fsp3) is 0.100. The first kappa shape index (κ1) is 18.9. The number of aliphatic imine (C=N–C) groups is 1. The summed E-state index contributed by atoms with van der Waals surface area (Å²) in [5.41, 5.74) is 1.79. The summed E-state index contributed by atoms with van der Waals surface area (Å²) in [5, 5.41) is 10.9. The second-order valence-corrected chi connectivity index (χ2v) is 6.74. The van der Waals surface area contributed by atoms with Crippen molar-refractivity contribution in [2.24, 2.45) is 4.99 Å². The highest BCUT2D eigenvalue weighted by atomic mass is 35.5. The van der Waals surface area contributed by atoms with Gasteiger partial charge in [-0.25, -0.2) is 13.6 Å². The van der Waals surface area contributed by atoms with Crippen molar-refractivity contribution in [2.45, 2.75) is 6.54 Å². The molecule has 1 aliphatic heterocycles. The van der Waals surface area contributed by atoms with E-state index in [1.54, 1.807) is 24.4 Å². The van der Waals surface area contributed by atoms with Crippen molar-refractivity contribution in [3.05, 3.63) is 74.3 Å². The average Bonchev–Trinajstić information content (AvgIpc) is 3.21. The molecule has 0 amide bonds. The molecule has 29 heavy (non-hydrogen) atoms. The maximum absolute atomic E-state index is 13.4. The highest BCUT2D eigenvalue weighted by Crippen LogP contribution is 2.44. The van der Waals surface area contributed by atoms with E-state index in [2.05, 4.69) is 9.98 Å². The highest BCUT2D eigenvalue weighted by molar-refractivity contribution is 6.33. The molecule has 1 aliphatic rings. The van der Waals surface area contributed by atoms with Gasteiger partial charge in [-0.15, -0.1) is 0 Å². The Morgan fingerprint density at radius 2 is 2.07 bits per heavy atom. The number of aromatic hydroxyl groups is 1. The van der Waals surface area contributed by atoms with Gasteiger partial charge in [0.2, 0.25) is 5.88 Å². The van der Waals surface area contributed by atoms with Crippen LogP contribution in [0.15, 0.2) is 40.1 Å². The Labute approximate surface area is 168 Å². The predicted octanol–water partition coefficient (Wildman–Crippen LogP) is 4.13. The zero-order valence-corrected chi connectivity index (χ0v) is 15.8. The van der Waals surface area contributed by atoms with Crippen LogP contribution in [0.4, 0.5) is 14.5 Å². The molecule has 0 saturated carbocycles. The van der Waals surface area contributed by atoms with E-state index in [0.29, 0.717) is 27.6 Å². The lowest BCUT2D eigenvalue weighted by atomic mass is 10.1. The minimum Gasteiger partial charge on any atom is -0.493 e. The van der Waals surface area contributed by atoms with Crippen molar-refractivity contribution in [1.82, 2.24) is 9.55 Å². The monoisotopic (exact) mass is 417 g/mol. The van der Waals surface area contributed by atoms with E-state index in [0.717, 1.165) is 22.3 Å². The molecule has 2 heterocycles. The zero-order chi connectivity index (χ0) is 20.7. The van der Waals surface area contributed by atoms with Crippen LogP contribution < -0.4 is 10.4 Å². The Kier molecular flexibility index (Phi) is 4.71. The first-order valence-corrected chi connectivity index (χ1v) is 8.85. The third-order valence-corrected chi connectivity index (χ3v) is 4.84. The molecular weight excluding hydrogens is 404 g/mol. The van der Waals surface area contributed by atoms with Crippen LogP contribution in [-0.4, -0.2) is 28.0 Å². The topological polar surface area (TPSA) is 79.6 Å². The van der Waals surface area contributed by atoms with Gasteiger partial charge in [0, 0.05) is 17.4 Å². The molecule has 0 aliphatic carbocycles. The normalized spacial score (nSPS) is 13.9. The van der Waals surface area contributed by atoms with E-state index in [9.17, 15) is 18.7 Å². The minimum absolute atomic E-state index is 0.129. The molecule has 3 aromatic rings. The van der Waals surface area contributed by atoms with Gasteiger partial charge in [-0.1, -0.05) is 23.7 Å². The van der Waals surface area contributed by atoms with Crippen molar-refractivity contribution < 1.29 is 18.6 Å². The lowest BCUT2D eigenvalue weighted by Gasteiger charge is -2.07. The fourth-order valence-corrected chi connectivity index (χ4v) is 3.35. The fourth-order valence-electron chi connectivity index (χ4n) is 3.12. The van der Waals surface area contributed by atoms with Gasteiger partial charge < -0.3 is 14.8 Å². The van der Waals surface area contributed by atoms with Crippen molar-refractivity contribution in [3.8, 4) is 11.6 Å². The summed E-state index contributed by atoms with van der Waals surface area (Å²) in [6.45, 7) is -0.129. The highest BCUT2D eigenvalue weighted by Gasteiger charge is 2.21. The van der Waals surface area contributed by atoms with E-state index in [1.807, 2.05) is 0 Å². The second-order valence-electron chi connectivity index (χ2n) is 6.34. The Balaban J connectivity index is 1.71. The molecule has 148 valence electrons. The first-order valence-electron chi connectivity index (χ1n) is 8.47. The summed E-state index contributed by atoms with van der Waals surface area (Å²) >= 11 is 6.10. The molecule has 0 unspecified atom stereocenters. The van der Waals surface area contributed by atoms with E-state index in [-0.39, 0.29) is 18.1 Å². The lowest BCUT2D eigenvalue weighted by Crippen LogP contribution is -2.17. The number of nitrogens with zero attached hydrogens (tertiary/aromatic N) is 2. The van der Waals surface area contributed by atoms with Crippen LogP contribution in [-0.2, 0) is 6.54 Å². The number of H-pyrrole nitrogens is 1. The van der Waals surface area contributed by atoms with Crippen molar-refractivity contribution in [1.29, 1.82) is 0 Å². The molecule has 0 saturated heterocycles. The van der Waals surface area contributed by atoms with Crippen molar-refractivity contribution >= 4 is 35.2 Å². The Morgan fingerprint density at radius 3 is 2.79 bits per heavy atom. The number of aromatic nitrogens is 2. The number of fused-ring (bicyclic) bond motifs is 1. The number of allylic oxidation sites excluding steroid dienone is 1. The van der Waals surface area contributed by atoms with Crippen LogP contribution in [0.1, 0.15) is 16.8 Å². The summed E-state index contributed by atoms with van der Waals surface area (Å²) in [7, 11) is 1.49. The molecular formula is C20H14ClF2N3O3. The van der Waals surface area contributed by atoms with Crippen molar-refractivity contribution in [3.63, 3.8) is 0 Å². The maximum atomic E-state index is 13.4. The van der Waals surface area contributed by atoms with Gasteiger partial charge in [-0.3, -0.25) is 9.56 Å². The first-order chi connectivity index (χ1) is 13.9. The van der Waals surface area contributed by atoms with E-state index in [1.165, 1.54) is 13.2 Å². The number of nitrogens with one attached hydrogen (secondary N) is 1. The van der Waals surface area contributed by atoms with Gasteiger partial charge in [0.15, 0.2) is 17.4 Å². The summed E-state index contributed by atoms with van der Waals surface area (Å²) < 4.78 is 32.8. The van der Waals surface area contributed by atoms with E-state index >= 15 is 0 Å². The summed E-state index contributed by atoms with van der Waals surface area (Å²) in [4.78, 5) is 19.1. The van der Waals surface area contributed by atoms with Crippen LogP contribution >= 0.6 is 11.6 Å². The van der Waals surface area contributed by atoms with Gasteiger partial charge in [-0.2, -0.15) is 0 Å². The molecule has 1 aromatic heterocycles. The predicted molar refractivity (Wildman–Crippen MR) is 106 cm³/mol. The summed E-state index contributed by atoms with van der Waals surface area (Å²) in [5.74, 6) is -1.92. The molecule has 0 radical (unpaired) electrons. The third kappa shape index (κ3) is 3.31. The smallest absolute Gasteiger partial charge is 0.329 e. The Bertz CT molecular complexity index is 1240. The molecule has 2 N–H and O–H groups in total. The Hall–Kier alpha value is -3.39. The van der Waals surface area contributed by atoms with Gasteiger partial charge in [0.25, 0.3) is 0 Å². The quantitative estimate of drug-likeness (QED) is 0.670. The number of imidazole rings is 1. The van der Waals surface area contributed by atoms with E-state index in [4.69, 9.17) is 16.3 Å². The molecule has 0 bridgehead atoms. The van der Waals surface area contributed by atoms with E-state index < -0.39 is 17.3 Å². The number of hydrogen-bond acceptors (Lipinski definition) is 4. The second kappa shape index (κ2) is 7.21. The largest absolute Gasteiger partial charge is 0.493 e. The number of halogens is 3. The molecule has 0 fully saturated rings. The lowest BCUT2D eigenvalue weighted by molar-refractivity contribution is 0.416. The van der Waals surface area contributed by atoms with Crippen LogP contribution in [0.2, 0.25) is 5.02 Å². The third-order valence-electron chi connectivity index (χ3n) is 4.54. The maximum Gasteiger partial charge on any atom is 0.329 e. The molecule has 2 aromatic carbocycles. The standard InChI is InChI=1S/C20H14ClF2N3O3/c1-29-18-13(21)4-3-12-11(8-24-17(12)18)7-16-19(27)26(20(28)25-16)9-10-2-5-14(22)15(23)6-10/h2-8,27H,9H2,1H3,(H,25,28). The van der Waals surface area contributed by atoms with Crippen LogP contribution in [0.5, 0.6) is 11.6 Å². The van der Waals surface area contributed by atoms with Crippen LogP contribution in [0, 0.1) is 11.6 Å². The molecule has 4 rings (SSSR count). The molecule has 9 heteroatoms. The number of methoxy groups -OCH3 is 1. The van der Waals surface area contributed by atoms with Gasteiger partial charge >= 0.3 is 5.69 Å². The SMILES string of the molecule is COc1c(Cl)ccc2c1N=CC2=Cc1[nH]c(=O)n(Cc2ccc(F)c(F)c2)c1O. The molecule has 0 spiro atoms. The average molecular weight is 418 g/mol. The number of hydrogen-bond donors (Lipinski definition) is 2. The summed E-state index contributed by atoms with van der Waals surface area (Å²) in [6, 6.07) is 6.70. The Morgan fingerprint density at radius 1 is 1.28 bits per heavy atom.